The second kappa shape index (κ2) is 5.64. The number of fused-ring (bicyclic) bond motifs is 1. The Bertz CT molecular complexity index is 900. The molecule has 0 spiro atoms. The maximum absolute atomic E-state index is 13.3. The van der Waals surface area contributed by atoms with E-state index in [0.717, 1.165) is 11.1 Å². The first-order valence-corrected chi connectivity index (χ1v) is 8.67. The summed E-state index contributed by atoms with van der Waals surface area (Å²) in [7, 11) is 0. The van der Waals surface area contributed by atoms with Gasteiger partial charge in [-0.05, 0) is 59.7 Å². The number of rotatable bonds is 2. The van der Waals surface area contributed by atoms with Crippen LogP contribution in [-0.2, 0) is 16.4 Å². The number of phenols is 2. The van der Waals surface area contributed by atoms with E-state index in [-0.39, 0.29) is 11.2 Å². The van der Waals surface area contributed by atoms with Gasteiger partial charge in [-0.2, -0.15) is 13.2 Å². The summed E-state index contributed by atoms with van der Waals surface area (Å²) in [5.74, 6) is -0.531. The SMILES string of the molecule is CC1(C)CC(C)(c2ccc(O)c(C(C)(O)C(F)(F)F)c2)c2cc(O)ccc21. The van der Waals surface area contributed by atoms with Crippen molar-refractivity contribution in [2.75, 3.05) is 0 Å². The summed E-state index contributed by atoms with van der Waals surface area (Å²) in [6, 6.07) is 9.05. The molecule has 3 rings (SSSR count). The summed E-state index contributed by atoms with van der Waals surface area (Å²) in [6.07, 6.45) is -4.33. The van der Waals surface area contributed by atoms with E-state index in [1.54, 1.807) is 18.2 Å². The number of hydrogen-bond donors (Lipinski definition) is 3. The Morgan fingerprint density at radius 2 is 1.56 bits per heavy atom. The number of aliphatic hydroxyl groups is 1. The zero-order chi connectivity index (χ0) is 20.4. The molecule has 3 nitrogen and oxygen atoms in total. The van der Waals surface area contributed by atoms with Gasteiger partial charge in [0, 0.05) is 11.0 Å². The predicted molar refractivity (Wildman–Crippen MR) is 95.9 cm³/mol. The molecule has 146 valence electrons. The van der Waals surface area contributed by atoms with E-state index in [1.165, 1.54) is 12.1 Å². The largest absolute Gasteiger partial charge is 0.508 e. The summed E-state index contributed by atoms with van der Waals surface area (Å²) < 4.78 is 40.0. The van der Waals surface area contributed by atoms with E-state index < -0.39 is 28.5 Å². The highest BCUT2D eigenvalue weighted by molar-refractivity contribution is 5.55. The number of benzene rings is 2. The third-order valence-electron chi connectivity index (χ3n) is 5.83. The predicted octanol–water partition coefficient (Wildman–Crippen LogP) is 4.85. The second-order valence-corrected chi connectivity index (χ2v) is 8.42. The van der Waals surface area contributed by atoms with E-state index in [2.05, 4.69) is 0 Å². The van der Waals surface area contributed by atoms with Crippen molar-refractivity contribution in [2.24, 2.45) is 0 Å². The molecule has 2 aromatic rings. The van der Waals surface area contributed by atoms with Crippen LogP contribution in [0.25, 0.3) is 0 Å². The van der Waals surface area contributed by atoms with Crippen LogP contribution >= 0.6 is 0 Å². The fraction of sp³-hybridized carbons (Fsp3) is 0.429. The molecule has 0 amide bonds. The van der Waals surface area contributed by atoms with Gasteiger partial charge in [0.25, 0.3) is 0 Å². The Morgan fingerprint density at radius 3 is 2.15 bits per heavy atom. The van der Waals surface area contributed by atoms with Gasteiger partial charge in [-0.15, -0.1) is 0 Å². The Morgan fingerprint density at radius 1 is 0.926 bits per heavy atom. The third kappa shape index (κ3) is 2.87. The lowest BCUT2D eigenvalue weighted by Crippen LogP contribution is -2.39. The fourth-order valence-corrected chi connectivity index (χ4v) is 4.33. The smallest absolute Gasteiger partial charge is 0.421 e. The molecule has 0 radical (unpaired) electrons. The maximum atomic E-state index is 13.3. The van der Waals surface area contributed by atoms with Crippen LogP contribution in [0.2, 0.25) is 0 Å². The Kier molecular flexibility index (Phi) is 4.09. The molecular weight excluding hydrogens is 357 g/mol. The van der Waals surface area contributed by atoms with Crippen LogP contribution in [0, 0.1) is 0 Å². The van der Waals surface area contributed by atoms with Gasteiger partial charge < -0.3 is 15.3 Å². The molecule has 0 saturated heterocycles. The minimum atomic E-state index is -4.94. The molecule has 0 heterocycles. The van der Waals surface area contributed by atoms with Gasteiger partial charge in [-0.1, -0.05) is 32.9 Å². The summed E-state index contributed by atoms with van der Waals surface area (Å²) in [6.45, 7) is 6.62. The first-order chi connectivity index (χ1) is 12.2. The van der Waals surface area contributed by atoms with Crippen LogP contribution in [0.1, 0.15) is 56.4 Å². The van der Waals surface area contributed by atoms with Crippen LogP contribution in [-0.4, -0.2) is 21.5 Å². The van der Waals surface area contributed by atoms with Crippen molar-refractivity contribution in [3.8, 4) is 11.5 Å². The summed E-state index contributed by atoms with van der Waals surface area (Å²) in [5.41, 5.74) is -2.31. The van der Waals surface area contributed by atoms with Crippen LogP contribution in [0.15, 0.2) is 36.4 Å². The lowest BCUT2D eigenvalue weighted by Gasteiger charge is -2.32. The highest BCUT2D eigenvalue weighted by Crippen LogP contribution is 2.54. The van der Waals surface area contributed by atoms with E-state index in [0.29, 0.717) is 18.9 Å². The molecule has 3 N–H and O–H groups in total. The molecule has 0 saturated carbocycles. The van der Waals surface area contributed by atoms with Crippen molar-refractivity contribution in [2.45, 2.75) is 56.7 Å². The van der Waals surface area contributed by atoms with Crippen LogP contribution < -0.4 is 0 Å². The second-order valence-electron chi connectivity index (χ2n) is 8.42. The third-order valence-corrected chi connectivity index (χ3v) is 5.83. The van der Waals surface area contributed by atoms with E-state index >= 15 is 0 Å². The van der Waals surface area contributed by atoms with E-state index in [9.17, 15) is 28.5 Å². The van der Waals surface area contributed by atoms with Crippen molar-refractivity contribution in [3.05, 3.63) is 58.7 Å². The lowest BCUT2D eigenvalue weighted by molar-refractivity contribution is -0.259. The molecule has 0 bridgehead atoms. The average molecular weight is 380 g/mol. The molecule has 2 aromatic carbocycles. The van der Waals surface area contributed by atoms with Crippen molar-refractivity contribution >= 4 is 0 Å². The normalized spacial score (nSPS) is 23.7. The van der Waals surface area contributed by atoms with Crippen LogP contribution in [0.3, 0.4) is 0 Å². The molecule has 0 fully saturated rings. The van der Waals surface area contributed by atoms with Gasteiger partial charge in [-0.3, -0.25) is 0 Å². The lowest BCUT2D eigenvalue weighted by atomic mass is 9.74. The number of alkyl halides is 3. The van der Waals surface area contributed by atoms with Crippen molar-refractivity contribution in [3.63, 3.8) is 0 Å². The number of phenolic OH excluding ortho intramolecular Hbond substituents is 2. The summed E-state index contributed by atoms with van der Waals surface area (Å²) >= 11 is 0. The molecule has 2 unspecified atom stereocenters. The highest BCUT2D eigenvalue weighted by atomic mass is 19.4. The molecule has 0 aliphatic heterocycles. The Hall–Kier alpha value is -2.21. The van der Waals surface area contributed by atoms with Gasteiger partial charge in [0.15, 0.2) is 5.60 Å². The Labute approximate surface area is 156 Å². The highest BCUT2D eigenvalue weighted by Gasteiger charge is 2.53. The van der Waals surface area contributed by atoms with Gasteiger partial charge in [0.05, 0.1) is 0 Å². The first kappa shape index (κ1) is 19.5. The molecule has 1 aliphatic rings. The first-order valence-electron chi connectivity index (χ1n) is 8.67. The van der Waals surface area contributed by atoms with E-state index in [4.69, 9.17) is 0 Å². The monoisotopic (exact) mass is 380 g/mol. The quantitative estimate of drug-likeness (QED) is 0.698. The fourth-order valence-electron chi connectivity index (χ4n) is 4.33. The molecule has 2 atom stereocenters. The van der Waals surface area contributed by atoms with Gasteiger partial charge >= 0.3 is 6.18 Å². The topological polar surface area (TPSA) is 60.7 Å². The van der Waals surface area contributed by atoms with Crippen molar-refractivity contribution in [1.82, 2.24) is 0 Å². The molecular formula is C21H23F3O3. The standard InChI is InChI=1S/C21H23F3O3/c1-18(2)11-19(3,15-10-13(25)6-7-14(15)18)12-5-8-17(26)16(9-12)20(4,27)21(22,23)24/h5-10,25-27H,11H2,1-4H3. The van der Waals surface area contributed by atoms with Gasteiger partial charge in [-0.25, -0.2) is 0 Å². The zero-order valence-corrected chi connectivity index (χ0v) is 15.6. The number of hydrogen-bond acceptors (Lipinski definition) is 3. The molecule has 6 heteroatoms. The van der Waals surface area contributed by atoms with Crippen molar-refractivity contribution in [1.29, 1.82) is 0 Å². The number of halogens is 3. The zero-order valence-electron chi connectivity index (χ0n) is 15.6. The van der Waals surface area contributed by atoms with Gasteiger partial charge in [0.2, 0.25) is 0 Å². The molecule has 0 aromatic heterocycles. The summed E-state index contributed by atoms with van der Waals surface area (Å²) in [5, 5.41) is 30.0. The molecule has 1 aliphatic carbocycles. The Balaban J connectivity index is 2.22. The van der Waals surface area contributed by atoms with Crippen LogP contribution in [0.4, 0.5) is 13.2 Å². The average Bonchev–Trinajstić information content (AvgIpc) is 2.73. The number of aromatic hydroxyl groups is 2. The van der Waals surface area contributed by atoms with Crippen LogP contribution in [0.5, 0.6) is 11.5 Å². The van der Waals surface area contributed by atoms with E-state index in [1.807, 2.05) is 26.8 Å². The minimum Gasteiger partial charge on any atom is -0.508 e. The minimum absolute atomic E-state index is 0.0824. The van der Waals surface area contributed by atoms with Crippen molar-refractivity contribution < 1.29 is 28.5 Å². The summed E-state index contributed by atoms with van der Waals surface area (Å²) in [4.78, 5) is 0. The maximum Gasteiger partial charge on any atom is 0.421 e. The van der Waals surface area contributed by atoms with Gasteiger partial charge in [0.1, 0.15) is 11.5 Å². The molecule has 27 heavy (non-hydrogen) atoms.